The molecular formula is C9H14N2S. The van der Waals surface area contributed by atoms with E-state index in [4.69, 9.17) is 11.5 Å². The minimum Gasteiger partial charge on any atom is -0.399 e. The average Bonchev–Trinajstić information content (AvgIpc) is 2.07. The molecule has 12 heavy (non-hydrogen) atoms. The van der Waals surface area contributed by atoms with Crippen molar-refractivity contribution in [3.63, 3.8) is 0 Å². The summed E-state index contributed by atoms with van der Waals surface area (Å²) in [5.41, 5.74) is 13.0. The summed E-state index contributed by atoms with van der Waals surface area (Å²) in [7, 11) is 0. The fraction of sp³-hybridized carbons (Fsp3) is 0.333. The van der Waals surface area contributed by atoms with Crippen molar-refractivity contribution in [1.82, 2.24) is 0 Å². The van der Waals surface area contributed by atoms with Crippen molar-refractivity contribution in [2.24, 2.45) is 0 Å². The molecule has 2 nitrogen and oxygen atoms in total. The van der Waals surface area contributed by atoms with Gasteiger partial charge in [-0.25, -0.2) is 0 Å². The highest BCUT2D eigenvalue weighted by Crippen LogP contribution is 2.27. The van der Waals surface area contributed by atoms with Crippen LogP contribution in [0.15, 0.2) is 23.1 Å². The van der Waals surface area contributed by atoms with Gasteiger partial charge in [-0.15, -0.1) is 11.8 Å². The first-order chi connectivity index (χ1) is 5.74. The number of anilines is 2. The maximum atomic E-state index is 5.75. The summed E-state index contributed by atoms with van der Waals surface area (Å²) in [5.74, 6) is 1.09. The number of thioether (sulfide) groups is 1. The van der Waals surface area contributed by atoms with Crippen molar-refractivity contribution >= 4 is 23.1 Å². The Bertz CT molecular complexity index is 261. The van der Waals surface area contributed by atoms with Gasteiger partial charge in [-0.05, 0) is 30.4 Å². The van der Waals surface area contributed by atoms with Crippen LogP contribution in [-0.2, 0) is 0 Å². The Morgan fingerprint density at radius 2 is 2.08 bits per heavy atom. The second-order valence-corrected chi connectivity index (χ2v) is 3.78. The molecule has 1 aromatic rings. The van der Waals surface area contributed by atoms with Crippen LogP contribution in [0, 0.1) is 0 Å². The average molecular weight is 182 g/mol. The first-order valence-corrected chi connectivity index (χ1v) is 5.00. The van der Waals surface area contributed by atoms with E-state index in [0.29, 0.717) is 0 Å². The quantitative estimate of drug-likeness (QED) is 0.557. The molecule has 1 rings (SSSR count). The van der Waals surface area contributed by atoms with E-state index in [-0.39, 0.29) is 0 Å². The van der Waals surface area contributed by atoms with Crippen molar-refractivity contribution in [1.29, 1.82) is 0 Å². The van der Waals surface area contributed by atoms with Crippen LogP contribution in [0.4, 0.5) is 11.4 Å². The third kappa shape index (κ3) is 2.34. The van der Waals surface area contributed by atoms with Crippen molar-refractivity contribution in [3.05, 3.63) is 18.2 Å². The van der Waals surface area contributed by atoms with E-state index in [0.717, 1.165) is 28.4 Å². The molecule has 0 aromatic heterocycles. The van der Waals surface area contributed by atoms with Gasteiger partial charge in [0.15, 0.2) is 0 Å². The lowest BCUT2D eigenvalue weighted by molar-refractivity contribution is 1.10. The maximum Gasteiger partial charge on any atom is 0.0453 e. The molecule has 0 amide bonds. The molecule has 0 spiro atoms. The number of rotatable bonds is 3. The fourth-order valence-electron chi connectivity index (χ4n) is 0.888. The monoisotopic (exact) mass is 182 g/mol. The minimum absolute atomic E-state index is 0.780. The summed E-state index contributed by atoms with van der Waals surface area (Å²) in [6, 6.07) is 5.61. The van der Waals surface area contributed by atoms with Crippen LogP contribution >= 0.6 is 11.8 Å². The van der Waals surface area contributed by atoms with Crippen molar-refractivity contribution in [3.8, 4) is 0 Å². The minimum atomic E-state index is 0.780. The van der Waals surface area contributed by atoms with Crippen molar-refractivity contribution < 1.29 is 0 Å². The molecule has 0 radical (unpaired) electrons. The van der Waals surface area contributed by atoms with Gasteiger partial charge in [-0.1, -0.05) is 6.92 Å². The Morgan fingerprint density at radius 1 is 1.33 bits per heavy atom. The van der Waals surface area contributed by atoms with Gasteiger partial charge in [0.1, 0.15) is 0 Å². The molecular weight excluding hydrogens is 168 g/mol. The largest absolute Gasteiger partial charge is 0.399 e. The fourth-order valence-corrected chi connectivity index (χ4v) is 1.77. The predicted molar refractivity (Wildman–Crippen MR) is 56.3 cm³/mol. The number of hydrogen-bond donors (Lipinski definition) is 2. The maximum absolute atomic E-state index is 5.75. The molecule has 0 atom stereocenters. The van der Waals surface area contributed by atoms with Gasteiger partial charge in [0.2, 0.25) is 0 Å². The van der Waals surface area contributed by atoms with Crippen LogP contribution in [0.3, 0.4) is 0 Å². The highest BCUT2D eigenvalue weighted by molar-refractivity contribution is 7.99. The lowest BCUT2D eigenvalue weighted by atomic mass is 10.3. The van der Waals surface area contributed by atoms with Gasteiger partial charge in [-0.3, -0.25) is 0 Å². The first-order valence-electron chi connectivity index (χ1n) is 4.02. The lowest BCUT2D eigenvalue weighted by Crippen LogP contribution is -1.91. The van der Waals surface area contributed by atoms with E-state index in [1.807, 2.05) is 18.2 Å². The van der Waals surface area contributed by atoms with Gasteiger partial charge in [0.05, 0.1) is 0 Å². The molecule has 0 unspecified atom stereocenters. The molecule has 66 valence electrons. The molecule has 0 heterocycles. The van der Waals surface area contributed by atoms with Gasteiger partial charge in [0, 0.05) is 16.3 Å². The van der Waals surface area contributed by atoms with E-state index >= 15 is 0 Å². The summed E-state index contributed by atoms with van der Waals surface area (Å²) in [6.45, 7) is 2.15. The Hall–Kier alpha value is -0.830. The second-order valence-electron chi connectivity index (χ2n) is 2.65. The van der Waals surface area contributed by atoms with E-state index in [1.165, 1.54) is 0 Å². The van der Waals surface area contributed by atoms with Gasteiger partial charge < -0.3 is 11.5 Å². The summed E-state index contributed by atoms with van der Waals surface area (Å²) >= 11 is 1.76. The Kier molecular flexibility index (Phi) is 3.29. The van der Waals surface area contributed by atoms with Crippen LogP contribution in [0.1, 0.15) is 13.3 Å². The third-order valence-electron chi connectivity index (χ3n) is 1.50. The van der Waals surface area contributed by atoms with Crippen molar-refractivity contribution in [2.45, 2.75) is 18.2 Å². The second kappa shape index (κ2) is 4.26. The summed E-state index contributed by atoms with van der Waals surface area (Å²) in [4.78, 5) is 1.09. The zero-order valence-electron chi connectivity index (χ0n) is 7.21. The Morgan fingerprint density at radius 3 is 2.75 bits per heavy atom. The molecule has 4 N–H and O–H groups in total. The van der Waals surface area contributed by atoms with E-state index < -0.39 is 0 Å². The molecule has 0 aliphatic carbocycles. The standard InChI is InChI=1S/C9H14N2S/c1-2-5-12-9-6-7(10)3-4-8(9)11/h3-4,6H,2,5,10-11H2,1H3. The number of benzene rings is 1. The molecule has 0 aliphatic rings. The van der Waals surface area contributed by atoms with Crippen LogP contribution < -0.4 is 11.5 Å². The Balaban J connectivity index is 2.75. The molecule has 0 saturated carbocycles. The number of nitrogen functional groups attached to an aromatic ring is 2. The normalized spacial score (nSPS) is 10.1. The summed E-state index contributed by atoms with van der Waals surface area (Å²) in [6.07, 6.45) is 1.15. The molecule has 0 aliphatic heterocycles. The SMILES string of the molecule is CCCSc1cc(N)ccc1N. The zero-order valence-corrected chi connectivity index (χ0v) is 8.03. The molecule has 1 aromatic carbocycles. The summed E-state index contributed by atoms with van der Waals surface area (Å²) in [5, 5.41) is 0. The third-order valence-corrected chi connectivity index (χ3v) is 2.78. The van der Waals surface area contributed by atoms with E-state index in [2.05, 4.69) is 6.92 Å². The van der Waals surface area contributed by atoms with Crippen LogP contribution in [0.2, 0.25) is 0 Å². The van der Waals surface area contributed by atoms with Gasteiger partial charge in [0.25, 0.3) is 0 Å². The highest BCUT2D eigenvalue weighted by atomic mass is 32.2. The van der Waals surface area contributed by atoms with Crippen LogP contribution in [-0.4, -0.2) is 5.75 Å². The molecule has 0 fully saturated rings. The topological polar surface area (TPSA) is 52.0 Å². The van der Waals surface area contributed by atoms with Gasteiger partial charge >= 0.3 is 0 Å². The van der Waals surface area contributed by atoms with Crippen LogP contribution in [0.5, 0.6) is 0 Å². The molecule has 3 heteroatoms. The number of nitrogens with two attached hydrogens (primary N) is 2. The highest BCUT2D eigenvalue weighted by Gasteiger charge is 1.98. The molecule has 0 saturated heterocycles. The van der Waals surface area contributed by atoms with E-state index in [1.54, 1.807) is 11.8 Å². The first kappa shape index (κ1) is 9.26. The lowest BCUT2D eigenvalue weighted by Gasteiger charge is -2.04. The number of hydrogen-bond acceptors (Lipinski definition) is 3. The summed E-state index contributed by atoms with van der Waals surface area (Å²) < 4.78 is 0. The zero-order chi connectivity index (χ0) is 8.97. The Labute approximate surface area is 77.3 Å². The molecule has 0 bridgehead atoms. The predicted octanol–water partition coefficient (Wildman–Crippen LogP) is 2.35. The van der Waals surface area contributed by atoms with Gasteiger partial charge in [-0.2, -0.15) is 0 Å². The smallest absolute Gasteiger partial charge is 0.0453 e. The van der Waals surface area contributed by atoms with Crippen LogP contribution in [0.25, 0.3) is 0 Å². The van der Waals surface area contributed by atoms with E-state index in [9.17, 15) is 0 Å². The van der Waals surface area contributed by atoms with Crippen molar-refractivity contribution in [2.75, 3.05) is 17.2 Å².